The lowest BCUT2D eigenvalue weighted by molar-refractivity contribution is 0.0793. The monoisotopic (exact) mass is 526 g/mol. The number of benzene rings is 1. The van der Waals surface area contributed by atoms with E-state index in [1.807, 2.05) is 12.1 Å². The third-order valence-corrected chi connectivity index (χ3v) is 8.14. The molecule has 10 nitrogen and oxygen atoms in total. The van der Waals surface area contributed by atoms with Gasteiger partial charge in [0.2, 0.25) is 0 Å². The number of anilines is 1. The van der Waals surface area contributed by atoms with Gasteiger partial charge in [0.25, 0.3) is 5.91 Å². The maximum Gasteiger partial charge on any atom is 0.274 e. The molecule has 4 aromatic rings. The highest BCUT2D eigenvalue weighted by molar-refractivity contribution is 6.05. The molecule has 3 N–H and O–H groups in total. The minimum Gasteiger partial charge on any atom is -0.386 e. The third-order valence-electron chi connectivity index (χ3n) is 8.14. The maximum atomic E-state index is 13.3. The average Bonchev–Trinajstić information content (AvgIpc) is 3.56. The number of amides is 1. The van der Waals surface area contributed by atoms with Crippen LogP contribution in [0.2, 0.25) is 0 Å². The molecule has 10 heteroatoms. The van der Waals surface area contributed by atoms with Gasteiger partial charge in [-0.05, 0) is 69.9 Å². The molecular weight excluding hydrogens is 492 g/mol. The maximum absolute atomic E-state index is 13.3. The summed E-state index contributed by atoms with van der Waals surface area (Å²) in [6.07, 6.45) is 8.02. The molecule has 39 heavy (non-hydrogen) atoms. The summed E-state index contributed by atoms with van der Waals surface area (Å²) in [5.41, 5.74) is 2.16. The Morgan fingerprint density at radius 3 is 2.59 bits per heavy atom. The van der Waals surface area contributed by atoms with Crippen LogP contribution in [-0.4, -0.2) is 67.5 Å². The number of nitrogens with one attached hydrogen (secondary N) is 2. The summed E-state index contributed by atoms with van der Waals surface area (Å²) in [7, 11) is 0. The van der Waals surface area contributed by atoms with Gasteiger partial charge >= 0.3 is 0 Å². The van der Waals surface area contributed by atoms with Crippen molar-refractivity contribution in [2.45, 2.75) is 57.2 Å². The number of nitrogens with zero attached hydrogens (tertiary/aromatic N) is 6. The fourth-order valence-electron chi connectivity index (χ4n) is 6.04. The average molecular weight is 527 g/mol. The van der Waals surface area contributed by atoms with Crippen LogP contribution in [0.15, 0.2) is 42.7 Å². The van der Waals surface area contributed by atoms with Gasteiger partial charge in [0.1, 0.15) is 11.8 Å². The van der Waals surface area contributed by atoms with Gasteiger partial charge in [-0.25, -0.2) is 4.52 Å². The molecule has 0 spiro atoms. The largest absolute Gasteiger partial charge is 0.386 e. The zero-order chi connectivity index (χ0) is 27.1. The highest BCUT2D eigenvalue weighted by atomic mass is 16.3. The molecule has 4 heterocycles. The molecule has 3 aromatic heterocycles. The Labute approximate surface area is 227 Å². The molecule has 6 rings (SSSR count). The van der Waals surface area contributed by atoms with E-state index >= 15 is 0 Å². The molecule has 0 bridgehead atoms. The van der Waals surface area contributed by atoms with E-state index in [0.29, 0.717) is 40.1 Å². The second-order valence-corrected chi connectivity index (χ2v) is 11.2. The lowest BCUT2D eigenvalue weighted by Crippen LogP contribution is -2.49. The first kappa shape index (κ1) is 25.5. The van der Waals surface area contributed by atoms with Crippen LogP contribution in [0.3, 0.4) is 0 Å². The minimum atomic E-state index is -1.19. The fraction of sp³-hybridized carbons (Fsp3) is 0.448. The summed E-state index contributed by atoms with van der Waals surface area (Å²) < 4.78 is 3.59. The Balaban J connectivity index is 1.25. The number of fused-ring (bicyclic) bond motifs is 2. The Bertz CT molecular complexity index is 1560. The van der Waals surface area contributed by atoms with Crippen molar-refractivity contribution >= 4 is 28.0 Å². The third kappa shape index (κ3) is 5.01. The molecule has 1 amide bonds. The fourth-order valence-corrected chi connectivity index (χ4v) is 6.04. The van der Waals surface area contributed by atoms with E-state index in [-0.39, 0.29) is 5.91 Å². The van der Waals surface area contributed by atoms with E-state index in [4.69, 9.17) is 10.4 Å². The van der Waals surface area contributed by atoms with Crippen LogP contribution in [0, 0.1) is 11.3 Å². The van der Waals surface area contributed by atoms with Crippen LogP contribution < -0.4 is 10.6 Å². The van der Waals surface area contributed by atoms with Crippen LogP contribution in [0.25, 0.3) is 16.4 Å². The van der Waals surface area contributed by atoms with Gasteiger partial charge in [0.05, 0.1) is 34.4 Å². The van der Waals surface area contributed by atoms with Crippen molar-refractivity contribution in [3.8, 4) is 6.07 Å². The number of piperazine rings is 1. The second kappa shape index (κ2) is 10.1. The number of carbonyl (C=O) groups is 1. The second-order valence-electron chi connectivity index (χ2n) is 11.2. The van der Waals surface area contributed by atoms with Gasteiger partial charge in [-0.1, -0.05) is 0 Å². The zero-order valence-corrected chi connectivity index (χ0v) is 22.4. The van der Waals surface area contributed by atoms with Crippen LogP contribution in [0.4, 0.5) is 5.69 Å². The van der Waals surface area contributed by atoms with E-state index in [9.17, 15) is 9.90 Å². The molecule has 2 fully saturated rings. The molecule has 0 atom stereocenters. The van der Waals surface area contributed by atoms with Crippen molar-refractivity contribution in [3.63, 3.8) is 0 Å². The predicted octanol–water partition coefficient (Wildman–Crippen LogP) is 3.42. The number of aliphatic hydroxyl groups is 1. The van der Waals surface area contributed by atoms with Crippen LogP contribution in [-0.2, 0) is 5.60 Å². The lowest BCUT2D eigenvalue weighted by atomic mass is 9.90. The van der Waals surface area contributed by atoms with Crippen molar-refractivity contribution < 1.29 is 9.90 Å². The van der Waals surface area contributed by atoms with Crippen LogP contribution in [0.5, 0.6) is 0 Å². The van der Waals surface area contributed by atoms with Gasteiger partial charge in [0, 0.05) is 55.1 Å². The smallest absolute Gasteiger partial charge is 0.274 e. The van der Waals surface area contributed by atoms with Gasteiger partial charge in [-0.15, -0.1) is 0 Å². The predicted molar refractivity (Wildman–Crippen MR) is 149 cm³/mol. The molecular formula is C29H34N8O2. The standard InChI is InChI=1S/C29H34N8O2/c1-29(2,39)24-15-25-20(18-36(34-25)22-5-3-21(4-6-22)35-11-9-31-10-12-35)14-26(24)33-28(38)27-8-7-23-13-19(16-30)17-32-37(23)27/h7-8,13-15,17-18,21-22,31,39H,3-6,9-12H2,1-2H3,(H,33,38)/t21-,22-. The molecule has 1 aromatic carbocycles. The minimum absolute atomic E-state index is 0.341. The Hall–Kier alpha value is -3.78. The van der Waals surface area contributed by atoms with E-state index in [1.165, 1.54) is 23.6 Å². The highest BCUT2D eigenvalue weighted by Gasteiger charge is 2.29. The van der Waals surface area contributed by atoms with Gasteiger partial charge in [-0.3, -0.25) is 14.4 Å². The molecule has 1 aliphatic heterocycles. The lowest BCUT2D eigenvalue weighted by Gasteiger charge is -2.39. The quantitative estimate of drug-likeness (QED) is 0.364. The first-order valence-electron chi connectivity index (χ1n) is 13.7. The summed E-state index contributed by atoms with van der Waals surface area (Å²) in [6.45, 7) is 7.82. The summed E-state index contributed by atoms with van der Waals surface area (Å²) >= 11 is 0. The normalized spacial score (nSPS) is 20.8. The zero-order valence-electron chi connectivity index (χ0n) is 22.4. The molecule has 0 unspecified atom stereocenters. The van der Waals surface area contributed by atoms with E-state index in [1.54, 1.807) is 32.0 Å². The molecule has 1 aliphatic carbocycles. The van der Waals surface area contributed by atoms with Crippen molar-refractivity contribution in [1.29, 1.82) is 5.26 Å². The number of hydrogen-bond donors (Lipinski definition) is 3. The first-order chi connectivity index (χ1) is 18.8. The molecule has 202 valence electrons. The summed E-state index contributed by atoms with van der Waals surface area (Å²) in [4.78, 5) is 16.0. The molecule has 1 saturated heterocycles. The number of aromatic nitrogens is 4. The van der Waals surface area contributed by atoms with Crippen molar-refractivity contribution in [2.24, 2.45) is 0 Å². The highest BCUT2D eigenvalue weighted by Crippen LogP contribution is 2.35. The first-order valence-corrected chi connectivity index (χ1v) is 13.7. The Morgan fingerprint density at radius 2 is 1.87 bits per heavy atom. The SMILES string of the molecule is CC(C)(O)c1cc2nn([C@H]3CC[C@H](N4CCNCC4)CC3)cc2cc1NC(=O)c1ccc2cc(C#N)cnn12. The molecule has 2 aliphatic rings. The van der Waals surface area contributed by atoms with Gasteiger partial charge in [0.15, 0.2) is 0 Å². The summed E-state index contributed by atoms with van der Waals surface area (Å²) in [6, 6.07) is 12.0. The van der Waals surface area contributed by atoms with Gasteiger partial charge in [-0.2, -0.15) is 15.5 Å². The molecule has 0 radical (unpaired) electrons. The van der Waals surface area contributed by atoms with Crippen LogP contribution >= 0.6 is 0 Å². The number of carbonyl (C=O) groups excluding carboxylic acids is 1. The summed E-state index contributed by atoms with van der Waals surface area (Å²) in [5, 5.41) is 36.6. The number of nitriles is 1. The topological polar surface area (TPSA) is 124 Å². The van der Waals surface area contributed by atoms with E-state index < -0.39 is 5.60 Å². The van der Waals surface area contributed by atoms with E-state index in [2.05, 4.69) is 37.6 Å². The Morgan fingerprint density at radius 1 is 1.13 bits per heavy atom. The molecule has 1 saturated carbocycles. The number of rotatable bonds is 5. The summed E-state index contributed by atoms with van der Waals surface area (Å²) in [5.74, 6) is -0.351. The van der Waals surface area contributed by atoms with Crippen LogP contribution in [0.1, 0.15) is 67.2 Å². The number of hydrogen-bond acceptors (Lipinski definition) is 7. The van der Waals surface area contributed by atoms with Crippen molar-refractivity contribution in [1.82, 2.24) is 29.6 Å². The van der Waals surface area contributed by atoms with E-state index in [0.717, 1.165) is 49.9 Å². The van der Waals surface area contributed by atoms with Gasteiger partial charge < -0.3 is 15.7 Å². The van der Waals surface area contributed by atoms with Crippen molar-refractivity contribution in [2.75, 3.05) is 31.5 Å². The van der Waals surface area contributed by atoms with Crippen molar-refractivity contribution in [3.05, 3.63) is 59.5 Å². The Kier molecular flexibility index (Phi) is 6.59.